The number of anilines is 1. The Bertz CT molecular complexity index is 929. The van der Waals surface area contributed by atoms with Crippen molar-refractivity contribution in [3.05, 3.63) is 69.6 Å². The molecule has 5 heteroatoms. The number of nitrogens with zero attached hydrogens (tertiary/aromatic N) is 1. The first-order valence-electron chi connectivity index (χ1n) is 6.93. The maximum atomic E-state index is 12.4. The molecule has 0 aliphatic carbocycles. The number of carbonyl (C=O) groups excluding carboxylic acids is 1. The minimum atomic E-state index is -0.456. The molecule has 0 spiro atoms. The van der Waals surface area contributed by atoms with Crippen molar-refractivity contribution in [1.82, 2.24) is 9.97 Å². The molecule has 3 aromatic rings. The highest BCUT2D eigenvalue weighted by molar-refractivity contribution is 6.07. The van der Waals surface area contributed by atoms with Gasteiger partial charge >= 0.3 is 0 Å². The zero-order valence-electron chi connectivity index (χ0n) is 12.3. The normalized spacial score (nSPS) is 10.6. The van der Waals surface area contributed by atoms with Crippen LogP contribution < -0.4 is 10.9 Å². The van der Waals surface area contributed by atoms with Gasteiger partial charge < -0.3 is 10.3 Å². The third-order valence-corrected chi connectivity index (χ3v) is 3.54. The van der Waals surface area contributed by atoms with E-state index in [0.717, 1.165) is 16.6 Å². The largest absolute Gasteiger partial charge is 0.321 e. The van der Waals surface area contributed by atoms with Gasteiger partial charge in [0, 0.05) is 16.6 Å². The van der Waals surface area contributed by atoms with E-state index in [4.69, 9.17) is 0 Å². The van der Waals surface area contributed by atoms with E-state index in [1.54, 1.807) is 19.1 Å². The summed E-state index contributed by atoms with van der Waals surface area (Å²) in [4.78, 5) is 31.6. The number of rotatable bonds is 2. The number of H-pyrrole nitrogens is 1. The number of nitrogens with one attached hydrogen (secondary N) is 2. The Kier molecular flexibility index (Phi) is 3.47. The first-order chi connectivity index (χ1) is 10.6. The summed E-state index contributed by atoms with van der Waals surface area (Å²) in [6, 6.07) is 12.7. The number of benzene rings is 1. The molecule has 1 aromatic carbocycles. The number of carbonyl (C=O) groups is 1. The van der Waals surface area contributed by atoms with E-state index in [9.17, 15) is 9.59 Å². The molecule has 0 radical (unpaired) electrons. The lowest BCUT2D eigenvalue weighted by Crippen LogP contribution is -2.25. The van der Waals surface area contributed by atoms with Crippen molar-refractivity contribution in [2.45, 2.75) is 13.8 Å². The standard InChI is InChI=1S/C17H15N3O2/c1-10-6-5-9-14(18-10)20-17(22)15-11(2)12-7-3-4-8-13(12)19-16(15)21/h3-9H,1-2H3,(H,19,21)(H,18,20,22). The fourth-order valence-corrected chi connectivity index (χ4v) is 2.47. The fourth-order valence-electron chi connectivity index (χ4n) is 2.47. The Morgan fingerprint density at radius 2 is 1.86 bits per heavy atom. The summed E-state index contributed by atoms with van der Waals surface area (Å²) in [5.74, 6) is -0.0282. The topological polar surface area (TPSA) is 74.8 Å². The summed E-state index contributed by atoms with van der Waals surface area (Å²) < 4.78 is 0. The number of amides is 1. The molecule has 1 amide bonds. The Morgan fingerprint density at radius 1 is 1.09 bits per heavy atom. The molecule has 2 heterocycles. The van der Waals surface area contributed by atoms with Crippen LogP contribution in [0.25, 0.3) is 10.9 Å². The number of aromatic amines is 1. The van der Waals surface area contributed by atoms with Crippen LogP contribution in [0.3, 0.4) is 0 Å². The van der Waals surface area contributed by atoms with Gasteiger partial charge in [-0.15, -0.1) is 0 Å². The highest BCUT2D eigenvalue weighted by atomic mass is 16.2. The fraction of sp³-hybridized carbons (Fsp3) is 0.118. The van der Waals surface area contributed by atoms with Gasteiger partial charge in [-0.1, -0.05) is 24.3 Å². The molecule has 0 aliphatic heterocycles. The molecule has 0 atom stereocenters. The van der Waals surface area contributed by atoms with E-state index < -0.39 is 11.5 Å². The summed E-state index contributed by atoms with van der Waals surface area (Å²) >= 11 is 0. The number of aromatic nitrogens is 2. The molecular formula is C17H15N3O2. The van der Waals surface area contributed by atoms with Gasteiger partial charge in [-0.25, -0.2) is 4.98 Å². The van der Waals surface area contributed by atoms with Crippen LogP contribution in [0.2, 0.25) is 0 Å². The van der Waals surface area contributed by atoms with Gasteiger partial charge in [0.1, 0.15) is 11.4 Å². The number of hydrogen-bond donors (Lipinski definition) is 2. The Morgan fingerprint density at radius 3 is 2.64 bits per heavy atom. The second-order valence-electron chi connectivity index (χ2n) is 5.12. The zero-order valence-corrected chi connectivity index (χ0v) is 12.3. The molecule has 0 unspecified atom stereocenters. The van der Waals surface area contributed by atoms with Gasteiger partial charge in [0.2, 0.25) is 0 Å². The zero-order chi connectivity index (χ0) is 15.7. The molecule has 0 bridgehead atoms. The van der Waals surface area contributed by atoms with Crippen LogP contribution in [0.15, 0.2) is 47.3 Å². The molecule has 2 N–H and O–H groups in total. The smallest absolute Gasteiger partial charge is 0.262 e. The van der Waals surface area contributed by atoms with Crippen molar-refractivity contribution in [3.8, 4) is 0 Å². The lowest BCUT2D eigenvalue weighted by atomic mass is 10.0. The van der Waals surface area contributed by atoms with E-state index in [2.05, 4.69) is 15.3 Å². The third-order valence-electron chi connectivity index (χ3n) is 3.54. The van der Waals surface area contributed by atoms with Crippen LogP contribution in [0.5, 0.6) is 0 Å². The number of fused-ring (bicyclic) bond motifs is 1. The van der Waals surface area contributed by atoms with Gasteiger partial charge in [0.15, 0.2) is 0 Å². The van der Waals surface area contributed by atoms with Crippen LogP contribution >= 0.6 is 0 Å². The van der Waals surface area contributed by atoms with Crippen LogP contribution in [0, 0.1) is 13.8 Å². The van der Waals surface area contributed by atoms with Crippen LogP contribution in [-0.4, -0.2) is 15.9 Å². The molecule has 110 valence electrons. The Balaban J connectivity index is 2.06. The first-order valence-corrected chi connectivity index (χ1v) is 6.93. The van der Waals surface area contributed by atoms with Crippen molar-refractivity contribution in [2.75, 3.05) is 5.32 Å². The van der Waals surface area contributed by atoms with Crippen molar-refractivity contribution < 1.29 is 4.79 Å². The SMILES string of the molecule is Cc1cccc(NC(=O)c2c(C)c3ccccc3[nH]c2=O)n1. The molecule has 0 saturated heterocycles. The van der Waals surface area contributed by atoms with Gasteiger partial charge in [-0.2, -0.15) is 0 Å². The second kappa shape index (κ2) is 5.44. The second-order valence-corrected chi connectivity index (χ2v) is 5.12. The van der Waals surface area contributed by atoms with E-state index in [1.807, 2.05) is 37.3 Å². The van der Waals surface area contributed by atoms with E-state index >= 15 is 0 Å². The quantitative estimate of drug-likeness (QED) is 0.763. The molecular weight excluding hydrogens is 278 g/mol. The minimum absolute atomic E-state index is 0.113. The molecule has 2 aromatic heterocycles. The van der Waals surface area contributed by atoms with Crippen molar-refractivity contribution >= 4 is 22.6 Å². The number of pyridine rings is 2. The van der Waals surface area contributed by atoms with Gasteiger partial charge in [0.05, 0.1) is 0 Å². The summed E-state index contributed by atoms with van der Waals surface area (Å²) in [7, 11) is 0. The maximum Gasteiger partial charge on any atom is 0.262 e. The monoisotopic (exact) mass is 293 g/mol. The number of para-hydroxylation sites is 1. The highest BCUT2D eigenvalue weighted by Crippen LogP contribution is 2.17. The first kappa shape index (κ1) is 14.0. The molecule has 22 heavy (non-hydrogen) atoms. The predicted molar refractivity (Wildman–Crippen MR) is 86.2 cm³/mol. The maximum absolute atomic E-state index is 12.4. The van der Waals surface area contributed by atoms with Gasteiger partial charge in [0.25, 0.3) is 11.5 Å². The van der Waals surface area contributed by atoms with Gasteiger partial charge in [-0.05, 0) is 37.6 Å². The average Bonchev–Trinajstić information content (AvgIpc) is 2.47. The van der Waals surface area contributed by atoms with Crippen LogP contribution in [0.1, 0.15) is 21.6 Å². The summed E-state index contributed by atoms with van der Waals surface area (Å²) in [6.45, 7) is 3.61. The van der Waals surface area contributed by atoms with Crippen LogP contribution in [-0.2, 0) is 0 Å². The highest BCUT2D eigenvalue weighted by Gasteiger charge is 2.17. The minimum Gasteiger partial charge on any atom is -0.321 e. The molecule has 5 nitrogen and oxygen atoms in total. The van der Waals surface area contributed by atoms with Crippen molar-refractivity contribution in [1.29, 1.82) is 0 Å². The molecule has 0 aliphatic rings. The van der Waals surface area contributed by atoms with Crippen molar-refractivity contribution in [3.63, 3.8) is 0 Å². The van der Waals surface area contributed by atoms with Gasteiger partial charge in [-0.3, -0.25) is 9.59 Å². The summed E-state index contributed by atoms with van der Waals surface area (Å²) in [6.07, 6.45) is 0. The number of aryl methyl sites for hydroxylation is 2. The summed E-state index contributed by atoms with van der Waals surface area (Å²) in [5, 5.41) is 3.53. The third kappa shape index (κ3) is 2.48. The molecule has 0 saturated carbocycles. The van der Waals surface area contributed by atoms with E-state index in [-0.39, 0.29) is 5.56 Å². The average molecular weight is 293 g/mol. The van der Waals surface area contributed by atoms with Crippen LogP contribution in [0.4, 0.5) is 5.82 Å². The Labute approximate surface area is 127 Å². The predicted octanol–water partition coefficient (Wildman–Crippen LogP) is 2.79. The molecule has 3 rings (SSSR count). The van der Waals surface area contributed by atoms with E-state index in [0.29, 0.717) is 11.4 Å². The lowest BCUT2D eigenvalue weighted by molar-refractivity contribution is 0.102. The van der Waals surface area contributed by atoms with E-state index in [1.165, 1.54) is 0 Å². The van der Waals surface area contributed by atoms with Crippen molar-refractivity contribution in [2.24, 2.45) is 0 Å². The Hall–Kier alpha value is -2.95. The summed E-state index contributed by atoms with van der Waals surface area (Å²) in [5.41, 5.74) is 1.88. The lowest BCUT2D eigenvalue weighted by Gasteiger charge is -2.09. The molecule has 0 fully saturated rings. The number of hydrogen-bond acceptors (Lipinski definition) is 3.